The monoisotopic (exact) mass is 510 g/mol. The average Bonchev–Trinajstić information content (AvgIpc) is 2.97. The Morgan fingerprint density at radius 2 is 1.96 bits per heavy atom. The molecule has 0 saturated carbocycles. The van der Waals surface area contributed by atoms with Crippen LogP contribution in [-0.2, 0) is 9.53 Å². The lowest BCUT2D eigenvalue weighted by Crippen LogP contribution is -2.47. The third-order valence-electron chi connectivity index (χ3n) is 4.67. The summed E-state index contributed by atoms with van der Waals surface area (Å²) in [6.45, 7) is 12.3. The third kappa shape index (κ3) is 8.08. The summed E-state index contributed by atoms with van der Waals surface area (Å²) in [6, 6.07) is 0.0587. The Bertz CT molecular complexity index is 509. The molecule has 0 radical (unpaired) electrons. The van der Waals surface area contributed by atoms with Crippen molar-refractivity contribution in [3.8, 4) is 0 Å². The fourth-order valence-electron chi connectivity index (χ4n) is 3.33. The van der Waals surface area contributed by atoms with E-state index >= 15 is 0 Å². The van der Waals surface area contributed by atoms with Gasteiger partial charge in [-0.3, -0.25) is 19.6 Å². The van der Waals surface area contributed by atoms with Crippen molar-refractivity contribution in [2.75, 3.05) is 59.0 Å². The first-order valence-corrected chi connectivity index (χ1v) is 9.93. The molecule has 0 aromatic rings. The highest BCUT2D eigenvalue weighted by atomic mass is 127. The quantitative estimate of drug-likeness (QED) is 0.181. The predicted octanol–water partition coefficient (Wildman–Crippen LogP) is 0.458. The highest BCUT2D eigenvalue weighted by Gasteiger charge is 2.27. The Hall–Kier alpha value is -1.14. The van der Waals surface area contributed by atoms with Crippen molar-refractivity contribution in [3.05, 3.63) is 0 Å². The van der Waals surface area contributed by atoms with E-state index in [9.17, 15) is 9.59 Å². The summed E-state index contributed by atoms with van der Waals surface area (Å²) < 4.78 is 5.47. The summed E-state index contributed by atoms with van der Waals surface area (Å²) in [5, 5.41) is 8.98. The van der Waals surface area contributed by atoms with Crippen molar-refractivity contribution < 1.29 is 14.3 Å². The van der Waals surface area contributed by atoms with Crippen molar-refractivity contribution in [2.45, 2.75) is 33.2 Å². The van der Waals surface area contributed by atoms with Gasteiger partial charge in [0.15, 0.2) is 5.96 Å². The smallest absolute Gasteiger partial charge is 0.324 e. The van der Waals surface area contributed by atoms with E-state index < -0.39 is 0 Å². The van der Waals surface area contributed by atoms with Gasteiger partial charge in [0, 0.05) is 38.8 Å². The van der Waals surface area contributed by atoms with Gasteiger partial charge in [-0.05, 0) is 19.3 Å². The summed E-state index contributed by atoms with van der Waals surface area (Å²) in [5.41, 5.74) is 0. The molecule has 1 unspecified atom stereocenters. The number of halogens is 1. The van der Waals surface area contributed by atoms with Gasteiger partial charge in [0.25, 0.3) is 0 Å². The number of guanidine groups is 1. The van der Waals surface area contributed by atoms with Gasteiger partial charge < -0.3 is 20.7 Å². The van der Waals surface area contributed by atoms with Gasteiger partial charge in [-0.15, -0.1) is 24.0 Å². The van der Waals surface area contributed by atoms with E-state index in [0.29, 0.717) is 37.6 Å². The molecule has 10 heteroatoms. The minimum absolute atomic E-state index is 0. The van der Waals surface area contributed by atoms with Gasteiger partial charge in [0.05, 0.1) is 26.3 Å². The normalized spacial score (nSPS) is 19.4. The van der Waals surface area contributed by atoms with Gasteiger partial charge >= 0.3 is 6.03 Å². The summed E-state index contributed by atoms with van der Waals surface area (Å²) >= 11 is 0. The van der Waals surface area contributed by atoms with Gasteiger partial charge in [0.1, 0.15) is 0 Å². The van der Waals surface area contributed by atoms with Gasteiger partial charge in [-0.2, -0.15) is 0 Å². The average molecular weight is 510 g/mol. The van der Waals surface area contributed by atoms with Crippen LogP contribution in [0.2, 0.25) is 0 Å². The third-order valence-corrected chi connectivity index (χ3v) is 4.67. The lowest BCUT2D eigenvalue weighted by molar-refractivity contribution is -0.124. The fraction of sp³-hybridized carbons (Fsp3) is 0.833. The fourth-order valence-corrected chi connectivity index (χ4v) is 3.33. The van der Waals surface area contributed by atoms with E-state index in [1.54, 1.807) is 0 Å². The maximum atomic E-state index is 11.6. The summed E-state index contributed by atoms with van der Waals surface area (Å²) in [7, 11) is 0. The molecule has 28 heavy (non-hydrogen) atoms. The molecule has 2 rings (SSSR count). The number of ether oxygens (including phenoxy) is 1. The zero-order valence-corrected chi connectivity index (χ0v) is 19.5. The molecular formula is C18H35IN6O3. The van der Waals surface area contributed by atoms with Crippen LogP contribution in [0.3, 0.4) is 0 Å². The van der Waals surface area contributed by atoms with Crippen molar-refractivity contribution in [1.82, 2.24) is 25.8 Å². The van der Waals surface area contributed by atoms with Gasteiger partial charge in [0.2, 0.25) is 5.91 Å². The van der Waals surface area contributed by atoms with E-state index in [1.165, 1.54) is 4.90 Å². The van der Waals surface area contributed by atoms with E-state index in [1.807, 2.05) is 6.92 Å². The van der Waals surface area contributed by atoms with Crippen LogP contribution in [-0.4, -0.2) is 92.8 Å². The number of urea groups is 1. The highest BCUT2D eigenvalue weighted by Crippen LogP contribution is 2.14. The molecule has 3 amide bonds. The van der Waals surface area contributed by atoms with Gasteiger partial charge in [-0.1, -0.05) is 13.8 Å². The van der Waals surface area contributed by atoms with E-state index in [-0.39, 0.29) is 42.5 Å². The number of aliphatic imine (C=N–C) groups is 1. The molecule has 1 atom stereocenters. The lowest BCUT2D eigenvalue weighted by Gasteiger charge is -2.34. The number of amides is 3. The first-order valence-electron chi connectivity index (χ1n) is 9.93. The summed E-state index contributed by atoms with van der Waals surface area (Å²) in [4.78, 5) is 31.7. The van der Waals surface area contributed by atoms with Crippen LogP contribution >= 0.6 is 24.0 Å². The van der Waals surface area contributed by atoms with Crippen molar-refractivity contribution in [1.29, 1.82) is 0 Å². The molecular weight excluding hydrogens is 475 g/mol. The molecule has 0 bridgehead atoms. The molecule has 2 saturated heterocycles. The standard InChI is InChI=1S/C18H34N6O3.HI/c1-4-19-17(20-5-6-24-16(25)13-22-18(24)26)21-12-15(11-14(2)3)23-7-9-27-10-8-23;/h14-15H,4-13H2,1-3H3,(H,22,26)(H2,19,20,21);1H. The van der Waals surface area contributed by atoms with Crippen LogP contribution in [0.25, 0.3) is 0 Å². The van der Waals surface area contributed by atoms with Crippen LogP contribution in [0.4, 0.5) is 4.79 Å². The molecule has 2 aliphatic rings. The van der Waals surface area contributed by atoms with Crippen molar-refractivity contribution in [3.63, 3.8) is 0 Å². The Morgan fingerprint density at radius 1 is 1.25 bits per heavy atom. The number of rotatable bonds is 9. The number of imide groups is 1. The Morgan fingerprint density at radius 3 is 2.54 bits per heavy atom. The zero-order chi connectivity index (χ0) is 19.6. The summed E-state index contributed by atoms with van der Waals surface area (Å²) in [5.74, 6) is 1.13. The maximum Gasteiger partial charge on any atom is 0.324 e. The van der Waals surface area contributed by atoms with E-state index in [0.717, 1.165) is 39.3 Å². The molecule has 162 valence electrons. The molecule has 2 heterocycles. The topological polar surface area (TPSA) is 98.3 Å². The zero-order valence-electron chi connectivity index (χ0n) is 17.2. The van der Waals surface area contributed by atoms with Crippen LogP contribution in [0.5, 0.6) is 0 Å². The number of carbonyl (C=O) groups is 2. The molecule has 0 aliphatic carbocycles. The Balaban J connectivity index is 0.00000392. The number of nitrogens with zero attached hydrogens (tertiary/aromatic N) is 3. The van der Waals surface area contributed by atoms with Crippen molar-refractivity contribution in [2.24, 2.45) is 10.9 Å². The highest BCUT2D eigenvalue weighted by molar-refractivity contribution is 14.0. The Kier molecular flexibility index (Phi) is 11.7. The van der Waals surface area contributed by atoms with Crippen LogP contribution < -0.4 is 16.0 Å². The van der Waals surface area contributed by atoms with Crippen LogP contribution in [0.15, 0.2) is 4.99 Å². The second-order valence-corrected chi connectivity index (χ2v) is 7.28. The molecule has 0 spiro atoms. The van der Waals surface area contributed by atoms with E-state index in [2.05, 4.69) is 34.7 Å². The minimum Gasteiger partial charge on any atom is -0.379 e. The van der Waals surface area contributed by atoms with E-state index in [4.69, 9.17) is 9.73 Å². The molecule has 9 nitrogen and oxygen atoms in total. The summed E-state index contributed by atoms with van der Waals surface area (Å²) in [6.07, 6.45) is 1.09. The molecule has 3 N–H and O–H groups in total. The minimum atomic E-state index is -0.326. The largest absolute Gasteiger partial charge is 0.379 e. The number of carbonyl (C=O) groups excluding carboxylic acids is 2. The maximum absolute atomic E-state index is 11.6. The number of hydrogen-bond donors (Lipinski definition) is 3. The lowest BCUT2D eigenvalue weighted by atomic mass is 10.0. The second kappa shape index (κ2) is 13.2. The predicted molar refractivity (Wildman–Crippen MR) is 120 cm³/mol. The van der Waals surface area contributed by atoms with Gasteiger partial charge in [-0.25, -0.2) is 4.79 Å². The number of hydrogen-bond acceptors (Lipinski definition) is 5. The first-order chi connectivity index (χ1) is 13.0. The SMILES string of the molecule is CCNC(=NCC(CC(C)C)N1CCOCC1)NCCN1C(=O)CNC1=O.I. The number of nitrogens with one attached hydrogen (secondary N) is 3. The molecule has 0 aromatic heterocycles. The number of morpholine rings is 1. The van der Waals surface area contributed by atoms with Crippen molar-refractivity contribution >= 4 is 41.9 Å². The second-order valence-electron chi connectivity index (χ2n) is 7.28. The molecule has 2 fully saturated rings. The first kappa shape index (κ1) is 24.9. The molecule has 0 aromatic carbocycles. The van der Waals surface area contributed by atoms with Crippen LogP contribution in [0.1, 0.15) is 27.2 Å². The Labute approximate surface area is 185 Å². The molecule has 2 aliphatic heterocycles. The van der Waals surface area contributed by atoms with Crippen LogP contribution in [0, 0.1) is 5.92 Å².